The lowest BCUT2D eigenvalue weighted by molar-refractivity contribution is 0.187. The maximum Gasteiger partial charge on any atom is 0.411 e. The predicted molar refractivity (Wildman–Crippen MR) is 78.7 cm³/mol. The number of ether oxygens (including phenoxy) is 2. The van der Waals surface area contributed by atoms with E-state index >= 15 is 0 Å². The van der Waals surface area contributed by atoms with E-state index in [1.165, 1.54) is 7.11 Å². The molecular weight excluding hydrogens is 256 g/mol. The number of benzene rings is 2. The topological polar surface area (TPSA) is 59.6 Å². The average molecular weight is 272 g/mol. The van der Waals surface area contributed by atoms with Gasteiger partial charge in [-0.15, -0.1) is 0 Å². The molecule has 0 spiro atoms. The first-order valence-corrected chi connectivity index (χ1v) is 6.08. The maximum absolute atomic E-state index is 11.1. The van der Waals surface area contributed by atoms with Gasteiger partial charge in [0.2, 0.25) is 0 Å². The third-order valence-electron chi connectivity index (χ3n) is 2.70. The number of hydrogen-bond acceptors (Lipinski definition) is 4. The minimum Gasteiger partial charge on any atom is -0.495 e. The molecule has 0 saturated carbocycles. The molecule has 0 aromatic heterocycles. The summed E-state index contributed by atoms with van der Waals surface area (Å²) in [6.45, 7) is 0. The first kappa shape index (κ1) is 13.7. The zero-order valence-corrected chi connectivity index (χ0v) is 11.3. The number of para-hydroxylation sites is 2. The van der Waals surface area contributed by atoms with Crippen LogP contribution in [-0.4, -0.2) is 20.3 Å². The number of methoxy groups -OCH3 is 2. The fourth-order valence-corrected chi connectivity index (χ4v) is 1.71. The fraction of sp³-hybridized carbons (Fsp3) is 0.133. The third kappa shape index (κ3) is 3.41. The van der Waals surface area contributed by atoms with Crippen LogP contribution in [0.15, 0.2) is 48.5 Å². The molecule has 0 aliphatic carbocycles. The second-order valence-electron chi connectivity index (χ2n) is 4.02. The van der Waals surface area contributed by atoms with Crippen molar-refractivity contribution in [1.82, 2.24) is 0 Å². The molecule has 0 aliphatic rings. The highest BCUT2D eigenvalue weighted by molar-refractivity contribution is 5.84. The highest BCUT2D eigenvalue weighted by Crippen LogP contribution is 2.27. The summed E-state index contributed by atoms with van der Waals surface area (Å²) in [6.07, 6.45) is -0.490. The summed E-state index contributed by atoms with van der Waals surface area (Å²) >= 11 is 0. The highest BCUT2D eigenvalue weighted by atomic mass is 16.5. The summed E-state index contributed by atoms with van der Waals surface area (Å²) in [6, 6.07) is 14.9. The van der Waals surface area contributed by atoms with Crippen molar-refractivity contribution in [2.24, 2.45) is 0 Å². The van der Waals surface area contributed by atoms with E-state index in [-0.39, 0.29) is 0 Å². The second-order valence-corrected chi connectivity index (χ2v) is 4.02. The van der Waals surface area contributed by atoms with Crippen molar-refractivity contribution in [2.45, 2.75) is 0 Å². The van der Waals surface area contributed by atoms with Crippen molar-refractivity contribution in [3.63, 3.8) is 0 Å². The van der Waals surface area contributed by atoms with Crippen molar-refractivity contribution in [3.05, 3.63) is 48.5 Å². The Morgan fingerprint density at radius 3 is 2.25 bits per heavy atom. The monoisotopic (exact) mass is 272 g/mol. The van der Waals surface area contributed by atoms with E-state index in [1.54, 1.807) is 19.2 Å². The Morgan fingerprint density at radius 2 is 1.60 bits per heavy atom. The van der Waals surface area contributed by atoms with Crippen molar-refractivity contribution in [2.75, 3.05) is 24.9 Å². The van der Waals surface area contributed by atoms with Gasteiger partial charge >= 0.3 is 6.09 Å². The van der Waals surface area contributed by atoms with Crippen molar-refractivity contribution >= 4 is 23.2 Å². The van der Waals surface area contributed by atoms with Crippen LogP contribution < -0.4 is 15.4 Å². The lowest BCUT2D eigenvalue weighted by Crippen LogP contribution is -2.10. The Hall–Kier alpha value is -2.69. The zero-order chi connectivity index (χ0) is 14.4. The van der Waals surface area contributed by atoms with E-state index in [0.717, 1.165) is 17.1 Å². The SMILES string of the molecule is COC(=O)Nc1ccc(Nc2ccccc2OC)cc1. The zero-order valence-electron chi connectivity index (χ0n) is 11.3. The van der Waals surface area contributed by atoms with Gasteiger partial charge in [-0.2, -0.15) is 0 Å². The smallest absolute Gasteiger partial charge is 0.411 e. The number of rotatable bonds is 4. The van der Waals surface area contributed by atoms with Crippen LogP contribution in [0.3, 0.4) is 0 Å². The van der Waals surface area contributed by atoms with Crippen LogP contribution in [0.2, 0.25) is 0 Å². The van der Waals surface area contributed by atoms with Crippen LogP contribution in [0.5, 0.6) is 5.75 Å². The average Bonchev–Trinajstić information content (AvgIpc) is 2.49. The normalized spacial score (nSPS) is 9.70. The molecule has 0 heterocycles. The van der Waals surface area contributed by atoms with Gasteiger partial charge in [-0.25, -0.2) is 4.79 Å². The van der Waals surface area contributed by atoms with Gasteiger partial charge in [0.05, 0.1) is 19.9 Å². The molecular formula is C15H16N2O3. The van der Waals surface area contributed by atoms with Gasteiger partial charge in [-0.3, -0.25) is 5.32 Å². The summed E-state index contributed by atoms with van der Waals surface area (Å²) in [5.74, 6) is 0.768. The van der Waals surface area contributed by atoms with Crippen LogP contribution in [0.1, 0.15) is 0 Å². The molecule has 20 heavy (non-hydrogen) atoms. The molecule has 5 nitrogen and oxygen atoms in total. The van der Waals surface area contributed by atoms with E-state index in [0.29, 0.717) is 5.69 Å². The molecule has 0 unspecified atom stereocenters. The van der Waals surface area contributed by atoms with Gasteiger partial charge in [-0.05, 0) is 36.4 Å². The molecule has 5 heteroatoms. The summed E-state index contributed by atoms with van der Waals surface area (Å²) < 4.78 is 9.80. The van der Waals surface area contributed by atoms with Gasteiger partial charge in [-0.1, -0.05) is 12.1 Å². The summed E-state index contributed by atoms with van der Waals surface area (Å²) in [5.41, 5.74) is 2.44. The van der Waals surface area contributed by atoms with Gasteiger partial charge in [0, 0.05) is 11.4 Å². The number of nitrogens with one attached hydrogen (secondary N) is 2. The Balaban J connectivity index is 2.09. The van der Waals surface area contributed by atoms with Crippen LogP contribution >= 0.6 is 0 Å². The Kier molecular flexibility index (Phi) is 4.44. The first-order valence-electron chi connectivity index (χ1n) is 6.08. The fourth-order valence-electron chi connectivity index (χ4n) is 1.71. The number of carbonyl (C=O) groups excluding carboxylic acids is 1. The molecule has 0 bridgehead atoms. The van der Waals surface area contributed by atoms with Crippen molar-refractivity contribution in [1.29, 1.82) is 0 Å². The summed E-state index contributed by atoms with van der Waals surface area (Å²) in [7, 11) is 2.96. The molecule has 0 atom stereocenters. The van der Waals surface area contributed by atoms with Gasteiger partial charge in [0.15, 0.2) is 0 Å². The van der Waals surface area contributed by atoms with Crippen LogP contribution in [0.25, 0.3) is 0 Å². The molecule has 0 radical (unpaired) electrons. The standard InChI is InChI=1S/C15H16N2O3/c1-19-14-6-4-3-5-13(14)16-11-7-9-12(10-8-11)17-15(18)20-2/h3-10,16H,1-2H3,(H,17,18). The number of hydrogen-bond donors (Lipinski definition) is 2. The van der Waals surface area contributed by atoms with E-state index in [9.17, 15) is 4.79 Å². The molecule has 0 aliphatic heterocycles. The van der Waals surface area contributed by atoms with Gasteiger partial charge in [0.1, 0.15) is 5.75 Å². The second kappa shape index (κ2) is 6.47. The van der Waals surface area contributed by atoms with Gasteiger partial charge < -0.3 is 14.8 Å². The minimum atomic E-state index is -0.490. The molecule has 2 N–H and O–H groups in total. The Bertz CT molecular complexity index is 582. The van der Waals surface area contributed by atoms with E-state index in [2.05, 4.69) is 15.4 Å². The quantitative estimate of drug-likeness (QED) is 0.892. The number of anilines is 3. The molecule has 2 aromatic rings. The van der Waals surface area contributed by atoms with Crippen LogP contribution in [-0.2, 0) is 4.74 Å². The summed E-state index contributed by atoms with van der Waals surface area (Å²) in [5, 5.41) is 5.84. The largest absolute Gasteiger partial charge is 0.495 e. The minimum absolute atomic E-state index is 0.490. The van der Waals surface area contributed by atoms with Crippen LogP contribution in [0, 0.1) is 0 Å². The highest BCUT2D eigenvalue weighted by Gasteiger charge is 2.03. The maximum atomic E-state index is 11.1. The molecule has 104 valence electrons. The lowest BCUT2D eigenvalue weighted by Gasteiger charge is -2.11. The van der Waals surface area contributed by atoms with E-state index in [4.69, 9.17) is 4.74 Å². The van der Waals surface area contributed by atoms with E-state index < -0.39 is 6.09 Å². The van der Waals surface area contributed by atoms with Gasteiger partial charge in [0.25, 0.3) is 0 Å². The summed E-state index contributed by atoms with van der Waals surface area (Å²) in [4.78, 5) is 11.1. The van der Waals surface area contributed by atoms with Crippen molar-refractivity contribution < 1.29 is 14.3 Å². The molecule has 2 rings (SSSR count). The molecule has 1 amide bonds. The molecule has 2 aromatic carbocycles. The molecule has 0 fully saturated rings. The number of amides is 1. The first-order chi connectivity index (χ1) is 9.72. The third-order valence-corrected chi connectivity index (χ3v) is 2.70. The Labute approximate surface area is 117 Å². The molecule has 0 saturated heterocycles. The number of carbonyl (C=O) groups is 1. The van der Waals surface area contributed by atoms with E-state index in [1.807, 2.05) is 36.4 Å². The Morgan fingerprint density at radius 1 is 0.950 bits per heavy atom. The lowest BCUT2D eigenvalue weighted by atomic mass is 10.2. The van der Waals surface area contributed by atoms with Crippen LogP contribution in [0.4, 0.5) is 21.9 Å². The van der Waals surface area contributed by atoms with Crippen molar-refractivity contribution in [3.8, 4) is 5.75 Å². The predicted octanol–water partition coefficient (Wildman–Crippen LogP) is 3.62.